The highest BCUT2D eigenvalue weighted by atomic mass is 16.5. The Morgan fingerprint density at radius 1 is 1.33 bits per heavy atom. The number of methoxy groups -OCH3 is 1. The summed E-state index contributed by atoms with van der Waals surface area (Å²) in [4.78, 5) is 0. The van der Waals surface area contributed by atoms with E-state index < -0.39 is 0 Å². The van der Waals surface area contributed by atoms with E-state index in [0.29, 0.717) is 0 Å². The van der Waals surface area contributed by atoms with Crippen LogP contribution in [0.4, 0.5) is 0 Å². The smallest absolute Gasteiger partial charge is 0.122 e. The highest BCUT2D eigenvalue weighted by Crippen LogP contribution is 2.31. The lowest BCUT2D eigenvalue weighted by atomic mass is 9.88. The quantitative estimate of drug-likeness (QED) is 0.868. The van der Waals surface area contributed by atoms with Crippen LogP contribution in [0, 0.1) is 31.1 Å². The maximum Gasteiger partial charge on any atom is 0.122 e. The second kappa shape index (κ2) is 6.42. The molecule has 0 bridgehead atoms. The SMILES string of the molecule is CCC(C#N)C(NC)c1ccc(OC)c(C)c1C. The first-order chi connectivity index (χ1) is 8.60. The third kappa shape index (κ3) is 2.65. The average molecular weight is 246 g/mol. The van der Waals surface area contributed by atoms with E-state index in [1.807, 2.05) is 20.0 Å². The Bertz CT molecular complexity index is 449. The Morgan fingerprint density at radius 3 is 2.44 bits per heavy atom. The molecule has 1 N–H and O–H groups in total. The largest absolute Gasteiger partial charge is 0.496 e. The summed E-state index contributed by atoms with van der Waals surface area (Å²) >= 11 is 0. The van der Waals surface area contributed by atoms with Gasteiger partial charge in [0.15, 0.2) is 0 Å². The topological polar surface area (TPSA) is 45.0 Å². The van der Waals surface area contributed by atoms with Crippen LogP contribution in [0.5, 0.6) is 5.75 Å². The molecule has 1 aromatic carbocycles. The van der Waals surface area contributed by atoms with Gasteiger partial charge in [-0.2, -0.15) is 5.26 Å². The van der Waals surface area contributed by atoms with Crippen molar-refractivity contribution in [1.82, 2.24) is 5.32 Å². The van der Waals surface area contributed by atoms with E-state index in [1.54, 1.807) is 7.11 Å². The molecule has 0 amide bonds. The lowest BCUT2D eigenvalue weighted by molar-refractivity contribution is 0.409. The van der Waals surface area contributed by atoms with E-state index >= 15 is 0 Å². The lowest BCUT2D eigenvalue weighted by Gasteiger charge is -2.24. The van der Waals surface area contributed by atoms with E-state index in [4.69, 9.17) is 4.74 Å². The molecule has 1 rings (SSSR count). The van der Waals surface area contributed by atoms with E-state index in [9.17, 15) is 5.26 Å². The number of hydrogen-bond donors (Lipinski definition) is 1. The molecule has 0 aliphatic carbocycles. The van der Waals surface area contributed by atoms with Crippen molar-refractivity contribution in [3.8, 4) is 11.8 Å². The Hall–Kier alpha value is -1.53. The summed E-state index contributed by atoms with van der Waals surface area (Å²) in [5.41, 5.74) is 3.52. The maximum atomic E-state index is 9.24. The number of rotatable bonds is 5. The first kappa shape index (κ1) is 14.5. The first-order valence-corrected chi connectivity index (χ1v) is 6.31. The number of hydrogen-bond acceptors (Lipinski definition) is 3. The van der Waals surface area contributed by atoms with Gasteiger partial charge in [-0.3, -0.25) is 0 Å². The molecule has 2 atom stereocenters. The number of nitriles is 1. The summed E-state index contributed by atoms with van der Waals surface area (Å²) in [6, 6.07) is 6.49. The van der Waals surface area contributed by atoms with Crippen molar-refractivity contribution >= 4 is 0 Å². The summed E-state index contributed by atoms with van der Waals surface area (Å²) < 4.78 is 5.32. The minimum atomic E-state index is -0.0125. The molecule has 0 aliphatic heterocycles. The van der Waals surface area contributed by atoms with Crippen LogP contribution in [-0.2, 0) is 0 Å². The van der Waals surface area contributed by atoms with Crippen molar-refractivity contribution in [1.29, 1.82) is 5.26 Å². The molecule has 18 heavy (non-hydrogen) atoms. The third-order valence-electron chi connectivity index (χ3n) is 3.65. The molecule has 2 unspecified atom stereocenters. The van der Waals surface area contributed by atoms with Gasteiger partial charge in [0.05, 0.1) is 19.1 Å². The van der Waals surface area contributed by atoms with Crippen LogP contribution in [0.25, 0.3) is 0 Å². The normalized spacial score (nSPS) is 13.8. The minimum absolute atomic E-state index is 0.0125. The van der Waals surface area contributed by atoms with Crippen molar-refractivity contribution < 1.29 is 4.74 Å². The molecule has 1 aromatic rings. The van der Waals surface area contributed by atoms with Gasteiger partial charge in [0, 0.05) is 6.04 Å². The standard InChI is InChI=1S/C15H22N2O/c1-6-12(9-16)15(17-4)13-7-8-14(18-5)11(3)10(13)2/h7-8,12,15,17H,6H2,1-5H3. The van der Waals surface area contributed by atoms with Gasteiger partial charge in [0.1, 0.15) is 5.75 Å². The molecule has 0 aromatic heterocycles. The van der Waals surface area contributed by atoms with Crippen LogP contribution in [0.2, 0.25) is 0 Å². The van der Waals surface area contributed by atoms with Crippen LogP contribution < -0.4 is 10.1 Å². The Balaban J connectivity index is 3.23. The first-order valence-electron chi connectivity index (χ1n) is 6.31. The fraction of sp³-hybridized carbons (Fsp3) is 0.533. The van der Waals surface area contributed by atoms with Gasteiger partial charge in [0.2, 0.25) is 0 Å². The van der Waals surface area contributed by atoms with Crippen molar-refractivity contribution in [2.45, 2.75) is 33.2 Å². The summed E-state index contributed by atoms with van der Waals surface area (Å²) in [6.45, 7) is 6.18. The highest BCUT2D eigenvalue weighted by Gasteiger charge is 2.22. The van der Waals surface area contributed by atoms with Gasteiger partial charge in [-0.05, 0) is 50.1 Å². The molecule has 3 nitrogen and oxygen atoms in total. The molecule has 0 fully saturated rings. The number of benzene rings is 1. The van der Waals surface area contributed by atoms with E-state index in [2.05, 4.69) is 31.3 Å². The van der Waals surface area contributed by atoms with Gasteiger partial charge in [0.25, 0.3) is 0 Å². The van der Waals surface area contributed by atoms with E-state index in [-0.39, 0.29) is 12.0 Å². The second-order valence-corrected chi connectivity index (χ2v) is 4.52. The van der Waals surface area contributed by atoms with Crippen LogP contribution in [0.1, 0.15) is 36.1 Å². The second-order valence-electron chi connectivity index (χ2n) is 4.52. The van der Waals surface area contributed by atoms with E-state index in [1.165, 1.54) is 11.1 Å². The Morgan fingerprint density at radius 2 is 2.00 bits per heavy atom. The summed E-state index contributed by atoms with van der Waals surface area (Å²) in [5, 5.41) is 12.5. The monoisotopic (exact) mass is 246 g/mol. The Kier molecular flexibility index (Phi) is 5.18. The van der Waals surface area contributed by atoms with Gasteiger partial charge >= 0.3 is 0 Å². The van der Waals surface area contributed by atoms with Crippen LogP contribution in [0.3, 0.4) is 0 Å². The summed E-state index contributed by atoms with van der Waals surface area (Å²) in [6.07, 6.45) is 0.840. The average Bonchev–Trinajstić information content (AvgIpc) is 2.39. The van der Waals surface area contributed by atoms with Crippen molar-refractivity contribution in [3.05, 3.63) is 28.8 Å². The van der Waals surface area contributed by atoms with Crippen molar-refractivity contribution in [3.63, 3.8) is 0 Å². The molecule has 0 saturated carbocycles. The zero-order valence-electron chi connectivity index (χ0n) is 11.9. The molecule has 0 radical (unpaired) electrons. The minimum Gasteiger partial charge on any atom is -0.496 e. The number of ether oxygens (including phenoxy) is 1. The molecular formula is C15H22N2O. The van der Waals surface area contributed by atoms with Gasteiger partial charge < -0.3 is 10.1 Å². The fourth-order valence-electron chi connectivity index (χ4n) is 2.35. The highest BCUT2D eigenvalue weighted by molar-refractivity contribution is 5.45. The van der Waals surface area contributed by atoms with Crippen LogP contribution in [0.15, 0.2) is 12.1 Å². The van der Waals surface area contributed by atoms with Crippen molar-refractivity contribution in [2.24, 2.45) is 5.92 Å². The third-order valence-corrected chi connectivity index (χ3v) is 3.65. The molecular weight excluding hydrogens is 224 g/mol. The van der Waals surface area contributed by atoms with Gasteiger partial charge in [-0.15, -0.1) is 0 Å². The fourth-order valence-corrected chi connectivity index (χ4v) is 2.35. The lowest BCUT2D eigenvalue weighted by Crippen LogP contribution is -2.25. The summed E-state index contributed by atoms with van der Waals surface area (Å²) in [5.74, 6) is 0.887. The molecule has 0 saturated heterocycles. The number of nitrogens with one attached hydrogen (secondary N) is 1. The predicted molar refractivity (Wildman–Crippen MR) is 73.7 cm³/mol. The zero-order chi connectivity index (χ0) is 13.7. The Labute approximate surface area is 110 Å². The molecule has 3 heteroatoms. The van der Waals surface area contributed by atoms with E-state index in [0.717, 1.165) is 17.7 Å². The summed E-state index contributed by atoms with van der Waals surface area (Å²) in [7, 11) is 3.59. The maximum absolute atomic E-state index is 9.24. The van der Waals surface area contributed by atoms with Gasteiger partial charge in [-0.1, -0.05) is 13.0 Å². The van der Waals surface area contributed by atoms with Crippen LogP contribution in [-0.4, -0.2) is 14.2 Å². The predicted octanol–water partition coefficient (Wildman–Crippen LogP) is 3.12. The van der Waals surface area contributed by atoms with Gasteiger partial charge in [-0.25, -0.2) is 0 Å². The molecule has 0 aliphatic rings. The zero-order valence-corrected chi connectivity index (χ0v) is 11.9. The van der Waals surface area contributed by atoms with Crippen molar-refractivity contribution in [2.75, 3.05) is 14.2 Å². The number of nitrogens with zero attached hydrogens (tertiary/aromatic N) is 1. The van der Waals surface area contributed by atoms with Crippen LogP contribution >= 0.6 is 0 Å². The molecule has 0 heterocycles. The molecule has 98 valence electrons. The molecule has 0 spiro atoms.